The van der Waals surface area contributed by atoms with Gasteiger partial charge in [0.25, 0.3) is 0 Å². The van der Waals surface area contributed by atoms with E-state index in [1.807, 2.05) is 0 Å². The van der Waals surface area contributed by atoms with Crippen LogP contribution < -0.4 is 0 Å². The van der Waals surface area contributed by atoms with Gasteiger partial charge in [-0.1, -0.05) is 19.8 Å². The quantitative estimate of drug-likeness (QED) is 0.619. The summed E-state index contributed by atoms with van der Waals surface area (Å²) < 4.78 is 8.13. The highest BCUT2D eigenvalue weighted by Gasteiger charge is 2.29. The van der Waals surface area contributed by atoms with Crippen LogP contribution in [0.15, 0.2) is 6.20 Å². The first-order chi connectivity index (χ1) is 14.2. The zero-order chi connectivity index (χ0) is 20.1. The van der Waals surface area contributed by atoms with Gasteiger partial charge in [-0.2, -0.15) is 5.10 Å². The molecule has 1 aromatic heterocycles. The minimum absolute atomic E-state index is 0.430. The number of piperidine rings is 1. The lowest BCUT2D eigenvalue weighted by atomic mass is 9.94. The van der Waals surface area contributed by atoms with Gasteiger partial charge in [0.15, 0.2) is 0 Å². The Kier molecular flexibility index (Phi) is 7.65. The van der Waals surface area contributed by atoms with Gasteiger partial charge in [-0.25, -0.2) is 0 Å². The summed E-state index contributed by atoms with van der Waals surface area (Å²) in [6, 6.07) is 0.894. The number of ether oxygens (including phenoxy) is 1. The van der Waals surface area contributed by atoms with Crippen LogP contribution in [-0.2, 0) is 17.8 Å². The zero-order valence-corrected chi connectivity index (χ0v) is 18.8. The first-order valence-electron chi connectivity index (χ1n) is 12.3. The standard InChI is InChI=1S/C24H42N4O/c1-3-12-28-18-22(20(2)25-28)17-26(19-24-9-6-15-29-24)16-21-10-13-27(14-11-21)23-7-4-5-8-23/h18,21,23-24H,3-17,19H2,1-2H3/t24-/m1/s1. The number of nitrogens with zero attached hydrogens (tertiary/aromatic N) is 4. The fourth-order valence-electron chi connectivity index (χ4n) is 5.71. The van der Waals surface area contributed by atoms with Crippen molar-refractivity contribution in [3.8, 4) is 0 Å². The van der Waals surface area contributed by atoms with E-state index >= 15 is 0 Å². The van der Waals surface area contributed by atoms with E-state index in [4.69, 9.17) is 9.84 Å². The number of rotatable bonds is 9. The minimum atomic E-state index is 0.430. The van der Waals surface area contributed by atoms with Gasteiger partial charge in [0.1, 0.15) is 0 Å². The first-order valence-corrected chi connectivity index (χ1v) is 12.3. The molecule has 0 unspecified atom stereocenters. The fourth-order valence-corrected chi connectivity index (χ4v) is 5.71. The highest BCUT2D eigenvalue weighted by Crippen LogP contribution is 2.29. The van der Waals surface area contributed by atoms with Crippen LogP contribution in [0.3, 0.4) is 0 Å². The predicted molar refractivity (Wildman–Crippen MR) is 118 cm³/mol. The van der Waals surface area contributed by atoms with Crippen LogP contribution in [0.25, 0.3) is 0 Å². The summed E-state index contributed by atoms with van der Waals surface area (Å²) in [5, 5.41) is 4.74. The molecule has 1 aromatic rings. The largest absolute Gasteiger partial charge is 0.377 e. The molecule has 4 rings (SSSR count). The molecule has 164 valence electrons. The lowest BCUT2D eigenvalue weighted by Gasteiger charge is -2.38. The normalized spacial score (nSPS) is 24.9. The van der Waals surface area contributed by atoms with Crippen LogP contribution in [0, 0.1) is 12.8 Å². The van der Waals surface area contributed by atoms with E-state index in [9.17, 15) is 0 Å². The summed E-state index contributed by atoms with van der Waals surface area (Å²) in [4.78, 5) is 5.49. The van der Waals surface area contributed by atoms with E-state index < -0.39 is 0 Å². The second-order valence-electron chi connectivity index (χ2n) is 9.75. The molecular weight excluding hydrogens is 360 g/mol. The molecular formula is C24H42N4O. The Balaban J connectivity index is 1.34. The Morgan fingerprint density at radius 1 is 1.07 bits per heavy atom. The topological polar surface area (TPSA) is 33.5 Å². The van der Waals surface area contributed by atoms with Crippen LogP contribution in [-0.4, -0.2) is 64.5 Å². The maximum Gasteiger partial charge on any atom is 0.0702 e. The average molecular weight is 403 g/mol. The third kappa shape index (κ3) is 5.83. The summed E-state index contributed by atoms with van der Waals surface area (Å²) in [6.07, 6.45) is 14.8. The third-order valence-electron chi connectivity index (χ3n) is 7.39. The number of hydrogen-bond donors (Lipinski definition) is 0. The molecule has 5 heteroatoms. The van der Waals surface area contributed by atoms with Crippen molar-refractivity contribution < 1.29 is 4.74 Å². The average Bonchev–Trinajstić information content (AvgIpc) is 3.47. The molecule has 29 heavy (non-hydrogen) atoms. The van der Waals surface area contributed by atoms with Gasteiger partial charge < -0.3 is 9.64 Å². The van der Waals surface area contributed by atoms with Gasteiger partial charge in [-0.15, -0.1) is 0 Å². The molecule has 0 N–H and O–H groups in total. The van der Waals surface area contributed by atoms with E-state index in [1.165, 1.54) is 82.3 Å². The Bertz CT molecular complexity index is 610. The molecule has 3 heterocycles. The molecule has 3 fully saturated rings. The summed E-state index contributed by atoms with van der Waals surface area (Å²) in [7, 11) is 0. The number of aromatic nitrogens is 2. The Morgan fingerprint density at radius 2 is 1.86 bits per heavy atom. The molecule has 5 nitrogen and oxygen atoms in total. The zero-order valence-electron chi connectivity index (χ0n) is 18.8. The van der Waals surface area contributed by atoms with Crippen molar-refractivity contribution in [1.82, 2.24) is 19.6 Å². The number of hydrogen-bond acceptors (Lipinski definition) is 4. The number of likely N-dealkylation sites (tertiary alicyclic amines) is 1. The number of aryl methyl sites for hydroxylation is 2. The molecule has 1 saturated carbocycles. The van der Waals surface area contributed by atoms with Crippen molar-refractivity contribution in [2.45, 2.75) is 96.9 Å². The Morgan fingerprint density at radius 3 is 2.55 bits per heavy atom. The van der Waals surface area contributed by atoms with Crippen LogP contribution in [0.2, 0.25) is 0 Å². The van der Waals surface area contributed by atoms with Crippen molar-refractivity contribution in [3.63, 3.8) is 0 Å². The van der Waals surface area contributed by atoms with Gasteiger partial charge in [-0.05, 0) is 70.9 Å². The smallest absolute Gasteiger partial charge is 0.0702 e. The minimum Gasteiger partial charge on any atom is -0.377 e. The van der Waals surface area contributed by atoms with Gasteiger partial charge >= 0.3 is 0 Å². The van der Waals surface area contributed by atoms with Crippen molar-refractivity contribution in [2.24, 2.45) is 5.92 Å². The summed E-state index contributed by atoms with van der Waals surface area (Å²) in [5.41, 5.74) is 2.60. The molecule has 0 amide bonds. The SMILES string of the molecule is CCCn1cc(CN(CC2CCN(C3CCCC3)CC2)C[C@H]2CCCO2)c(C)n1. The highest BCUT2D eigenvalue weighted by molar-refractivity contribution is 5.15. The second-order valence-corrected chi connectivity index (χ2v) is 9.75. The van der Waals surface area contributed by atoms with E-state index in [0.717, 1.165) is 44.6 Å². The molecule has 0 radical (unpaired) electrons. The van der Waals surface area contributed by atoms with Crippen molar-refractivity contribution >= 4 is 0 Å². The summed E-state index contributed by atoms with van der Waals surface area (Å²) in [5.74, 6) is 0.833. The van der Waals surface area contributed by atoms with Gasteiger partial charge in [-0.3, -0.25) is 9.58 Å². The Hall–Kier alpha value is -0.910. The molecule has 1 aliphatic carbocycles. The summed E-state index contributed by atoms with van der Waals surface area (Å²) in [6.45, 7) is 12.3. The van der Waals surface area contributed by atoms with Gasteiger partial charge in [0, 0.05) is 50.6 Å². The lowest BCUT2D eigenvalue weighted by molar-refractivity contribution is 0.0539. The van der Waals surface area contributed by atoms with Crippen molar-refractivity contribution in [1.29, 1.82) is 0 Å². The molecule has 0 bridgehead atoms. The van der Waals surface area contributed by atoms with Crippen LogP contribution in [0.5, 0.6) is 0 Å². The monoisotopic (exact) mass is 402 g/mol. The maximum atomic E-state index is 6.00. The fraction of sp³-hybridized carbons (Fsp3) is 0.875. The highest BCUT2D eigenvalue weighted by atomic mass is 16.5. The van der Waals surface area contributed by atoms with Gasteiger partial charge in [0.05, 0.1) is 11.8 Å². The predicted octanol–water partition coefficient (Wildman–Crippen LogP) is 4.24. The van der Waals surface area contributed by atoms with Gasteiger partial charge in [0.2, 0.25) is 0 Å². The first kappa shape index (κ1) is 21.3. The van der Waals surface area contributed by atoms with Crippen molar-refractivity contribution in [2.75, 3.05) is 32.8 Å². The molecule has 0 spiro atoms. The van der Waals surface area contributed by atoms with Crippen LogP contribution in [0.1, 0.15) is 76.0 Å². The Labute approximate surface area is 177 Å². The van der Waals surface area contributed by atoms with E-state index in [2.05, 4.69) is 34.5 Å². The second kappa shape index (κ2) is 10.4. The summed E-state index contributed by atoms with van der Waals surface area (Å²) >= 11 is 0. The lowest BCUT2D eigenvalue weighted by Crippen LogP contribution is -2.43. The third-order valence-corrected chi connectivity index (χ3v) is 7.39. The van der Waals surface area contributed by atoms with E-state index in [0.29, 0.717) is 6.10 Å². The van der Waals surface area contributed by atoms with Crippen molar-refractivity contribution in [3.05, 3.63) is 17.5 Å². The molecule has 2 saturated heterocycles. The van der Waals surface area contributed by atoms with Crippen LogP contribution >= 0.6 is 0 Å². The molecule has 2 aliphatic heterocycles. The molecule has 0 aromatic carbocycles. The maximum absolute atomic E-state index is 6.00. The molecule has 1 atom stereocenters. The van der Waals surface area contributed by atoms with E-state index in [1.54, 1.807) is 0 Å². The molecule has 3 aliphatic rings. The van der Waals surface area contributed by atoms with Crippen LogP contribution in [0.4, 0.5) is 0 Å². The van der Waals surface area contributed by atoms with E-state index in [-0.39, 0.29) is 0 Å².